The number of piperazine rings is 1. The number of hydrogen-bond donors (Lipinski definition) is 1. The minimum atomic E-state index is 0.798. The number of benzene rings is 1. The second-order valence-corrected chi connectivity index (χ2v) is 6.42. The summed E-state index contributed by atoms with van der Waals surface area (Å²) >= 11 is 0. The van der Waals surface area contributed by atoms with Gasteiger partial charge >= 0.3 is 0 Å². The van der Waals surface area contributed by atoms with Crippen molar-refractivity contribution in [3.63, 3.8) is 0 Å². The van der Waals surface area contributed by atoms with Crippen molar-refractivity contribution >= 4 is 22.9 Å². The van der Waals surface area contributed by atoms with Gasteiger partial charge in [0.15, 0.2) is 5.96 Å². The largest absolute Gasteiger partial charge is 0.354 e. The summed E-state index contributed by atoms with van der Waals surface area (Å²) in [6.07, 6.45) is 5.47. The van der Waals surface area contributed by atoms with Gasteiger partial charge in [0, 0.05) is 58.7 Å². The van der Waals surface area contributed by atoms with E-state index in [2.05, 4.69) is 45.7 Å². The zero-order valence-corrected chi connectivity index (χ0v) is 15.5. The third-order valence-corrected chi connectivity index (χ3v) is 4.79. The summed E-state index contributed by atoms with van der Waals surface area (Å²) in [5, 5.41) is 3.47. The van der Waals surface area contributed by atoms with Crippen LogP contribution in [0, 0.1) is 0 Å². The van der Waals surface area contributed by atoms with Gasteiger partial charge in [-0.15, -0.1) is 0 Å². The van der Waals surface area contributed by atoms with Crippen molar-refractivity contribution in [2.45, 2.75) is 6.54 Å². The summed E-state index contributed by atoms with van der Waals surface area (Å²) in [6, 6.07) is 10.0. The van der Waals surface area contributed by atoms with Crippen LogP contribution < -0.4 is 10.2 Å². The number of rotatable bonds is 4. The van der Waals surface area contributed by atoms with Crippen LogP contribution in [0.1, 0.15) is 0 Å². The molecule has 1 N–H and O–H groups in total. The first-order valence-corrected chi connectivity index (χ1v) is 9.22. The van der Waals surface area contributed by atoms with Gasteiger partial charge in [-0.3, -0.25) is 4.99 Å². The molecule has 0 saturated carbocycles. The minimum Gasteiger partial charge on any atom is -0.354 e. The van der Waals surface area contributed by atoms with Crippen LogP contribution in [-0.2, 0) is 6.54 Å². The molecule has 1 aromatic carbocycles. The van der Waals surface area contributed by atoms with Crippen molar-refractivity contribution < 1.29 is 0 Å². The number of guanidine groups is 1. The number of aromatic nitrogens is 4. The summed E-state index contributed by atoms with van der Waals surface area (Å²) in [7, 11) is 1.83. The van der Waals surface area contributed by atoms with Crippen molar-refractivity contribution in [1.82, 2.24) is 29.7 Å². The Hall–Kier alpha value is -3.16. The number of aliphatic imine (C=N–C) groups is 1. The molecule has 1 aliphatic heterocycles. The molecule has 140 valence electrons. The first-order valence-electron chi connectivity index (χ1n) is 9.22. The molecule has 27 heavy (non-hydrogen) atoms. The Kier molecular flexibility index (Phi) is 5.13. The number of imidazole rings is 1. The molecule has 0 spiro atoms. The molecular formula is C19H24N8. The Labute approximate surface area is 158 Å². The predicted octanol–water partition coefficient (Wildman–Crippen LogP) is 1.22. The zero-order valence-electron chi connectivity index (χ0n) is 15.5. The lowest BCUT2D eigenvalue weighted by Crippen LogP contribution is -2.53. The normalized spacial score (nSPS) is 15.4. The highest BCUT2D eigenvalue weighted by Gasteiger charge is 2.20. The molecule has 1 fully saturated rings. The molecule has 0 unspecified atom stereocenters. The Bertz CT molecular complexity index is 896. The number of hydrogen-bond acceptors (Lipinski definition) is 5. The van der Waals surface area contributed by atoms with Crippen molar-refractivity contribution in [3.05, 3.63) is 49.1 Å². The molecule has 0 amide bonds. The molecule has 4 rings (SSSR count). The van der Waals surface area contributed by atoms with E-state index in [1.54, 1.807) is 12.4 Å². The summed E-state index contributed by atoms with van der Waals surface area (Å²) < 4.78 is 2.17. The minimum absolute atomic E-state index is 0.798. The van der Waals surface area contributed by atoms with Crippen LogP contribution in [0.2, 0.25) is 0 Å². The fourth-order valence-electron chi connectivity index (χ4n) is 3.38. The summed E-state index contributed by atoms with van der Waals surface area (Å²) in [4.78, 5) is 22.1. The SMILES string of the molecule is CN=C(NCCn1cnc2ccccc21)N1CCN(c2ncccn2)CC1. The molecule has 3 aromatic rings. The maximum atomic E-state index is 4.45. The van der Waals surface area contributed by atoms with E-state index in [4.69, 9.17) is 0 Å². The molecule has 3 heterocycles. The van der Waals surface area contributed by atoms with Gasteiger partial charge in [0.05, 0.1) is 17.4 Å². The van der Waals surface area contributed by atoms with Gasteiger partial charge in [-0.25, -0.2) is 15.0 Å². The predicted molar refractivity (Wildman–Crippen MR) is 107 cm³/mol. The van der Waals surface area contributed by atoms with E-state index in [0.29, 0.717) is 0 Å². The summed E-state index contributed by atoms with van der Waals surface area (Å²) in [6.45, 7) is 5.21. The van der Waals surface area contributed by atoms with E-state index in [1.807, 2.05) is 37.6 Å². The number of anilines is 1. The summed E-state index contributed by atoms with van der Waals surface area (Å²) in [5.74, 6) is 1.74. The third-order valence-electron chi connectivity index (χ3n) is 4.79. The van der Waals surface area contributed by atoms with E-state index in [-0.39, 0.29) is 0 Å². The summed E-state index contributed by atoms with van der Waals surface area (Å²) in [5.41, 5.74) is 2.19. The van der Waals surface area contributed by atoms with Crippen LogP contribution in [0.3, 0.4) is 0 Å². The number of nitrogens with one attached hydrogen (secondary N) is 1. The van der Waals surface area contributed by atoms with Crippen LogP contribution in [0.25, 0.3) is 11.0 Å². The van der Waals surface area contributed by atoms with Crippen LogP contribution in [0.15, 0.2) is 54.0 Å². The Morgan fingerprint density at radius 3 is 2.59 bits per heavy atom. The van der Waals surface area contributed by atoms with Gasteiger partial charge in [-0.2, -0.15) is 0 Å². The number of fused-ring (bicyclic) bond motifs is 1. The highest BCUT2D eigenvalue weighted by atomic mass is 15.4. The lowest BCUT2D eigenvalue weighted by atomic mass is 10.3. The van der Waals surface area contributed by atoms with Crippen molar-refractivity contribution in [3.8, 4) is 0 Å². The van der Waals surface area contributed by atoms with E-state index < -0.39 is 0 Å². The van der Waals surface area contributed by atoms with E-state index in [1.165, 1.54) is 0 Å². The standard InChI is InChI=1S/C19H24N8/c1-20-18(23-9-10-27-15-24-16-5-2-3-6-17(16)27)25-11-13-26(14-12-25)19-21-7-4-8-22-19/h2-8,15H,9-14H2,1H3,(H,20,23). The van der Waals surface area contributed by atoms with Gasteiger partial charge in [0.1, 0.15) is 0 Å². The van der Waals surface area contributed by atoms with E-state index >= 15 is 0 Å². The third kappa shape index (κ3) is 3.84. The molecule has 8 nitrogen and oxygen atoms in total. The van der Waals surface area contributed by atoms with Crippen LogP contribution in [0.4, 0.5) is 5.95 Å². The van der Waals surface area contributed by atoms with Gasteiger partial charge in [-0.05, 0) is 18.2 Å². The fourth-order valence-corrected chi connectivity index (χ4v) is 3.38. The number of nitrogens with zero attached hydrogens (tertiary/aromatic N) is 7. The topological polar surface area (TPSA) is 74.5 Å². The fraction of sp³-hybridized carbons (Fsp3) is 0.368. The highest BCUT2D eigenvalue weighted by molar-refractivity contribution is 5.80. The average Bonchev–Trinajstić information content (AvgIpc) is 3.15. The van der Waals surface area contributed by atoms with Crippen molar-refractivity contribution in [2.75, 3.05) is 44.7 Å². The van der Waals surface area contributed by atoms with E-state index in [0.717, 1.165) is 62.2 Å². The van der Waals surface area contributed by atoms with Gasteiger partial charge in [0.2, 0.25) is 5.95 Å². The van der Waals surface area contributed by atoms with Crippen molar-refractivity contribution in [2.24, 2.45) is 4.99 Å². The van der Waals surface area contributed by atoms with Crippen LogP contribution in [-0.4, -0.2) is 70.1 Å². The molecule has 0 aliphatic carbocycles. The number of para-hydroxylation sites is 2. The van der Waals surface area contributed by atoms with Crippen LogP contribution >= 0.6 is 0 Å². The molecular weight excluding hydrogens is 340 g/mol. The van der Waals surface area contributed by atoms with Crippen LogP contribution in [0.5, 0.6) is 0 Å². The van der Waals surface area contributed by atoms with E-state index in [9.17, 15) is 0 Å². The van der Waals surface area contributed by atoms with Gasteiger partial charge in [0.25, 0.3) is 0 Å². The smallest absolute Gasteiger partial charge is 0.225 e. The van der Waals surface area contributed by atoms with Crippen molar-refractivity contribution in [1.29, 1.82) is 0 Å². The highest BCUT2D eigenvalue weighted by Crippen LogP contribution is 2.12. The second kappa shape index (κ2) is 8.03. The second-order valence-electron chi connectivity index (χ2n) is 6.42. The first kappa shape index (κ1) is 17.3. The lowest BCUT2D eigenvalue weighted by molar-refractivity contribution is 0.369. The maximum Gasteiger partial charge on any atom is 0.225 e. The Morgan fingerprint density at radius 1 is 1.04 bits per heavy atom. The monoisotopic (exact) mass is 364 g/mol. The molecule has 0 radical (unpaired) electrons. The maximum absolute atomic E-state index is 4.45. The molecule has 0 bridgehead atoms. The lowest BCUT2D eigenvalue weighted by Gasteiger charge is -2.36. The molecule has 0 atom stereocenters. The quantitative estimate of drug-likeness (QED) is 0.554. The van der Waals surface area contributed by atoms with Gasteiger partial charge < -0.3 is 19.7 Å². The first-order chi connectivity index (χ1) is 13.3. The molecule has 2 aromatic heterocycles. The Balaban J connectivity index is 1.30. The van der Waals surface area contributed by atoms with Gasteiger partial charge in [-0.1, -0.05) is 12.1 Å². The zero-order chi connectivity index (χ0) is 18.5. The molecule has 1 aliphatic rings. The molecule has 8 heteroatoms. The molecule has 1 saturated heterocycles. The Morgan fingerprint density at radius 2 is 1.81 bits per heavy atom. The average molecular weight is 364 g/mol.